The van der Waals surface area contributed by atoms with Gasteiger partial charge in [-0.25, -0.2) is 0 Å². The van der Waals surface area contributed by atoms with E-state index < -0.39 is 0 Å². The van der Waals surface area contributed by atoms with Crippen LogP contribution in [-0.4, -0.2) is 36.5 Å². The lowest BCUT2D eigenvalue weighted by molar-refractivity contribution is -0.132. The average Bonchev–Trinajstić information content (AvgIpc) is 2.55. The van der Waals surface area contributed by atoms with Crippen molar-refractivity contribution in [3.63, 3.8) is 0 Å². The van der Waals surface area contributed by atoms with Crippen LogP contribution < -0.4 is 11.1 Å². The van der Waals surface area contributed by atoms with E-state index >= 15 is 0 Å². The molecule has 0 saturated carbocycles. The molecular formula is C19H33Cl2N3O. The summed E-state index contributed by atoms with van der Waals surface area (Å²) < 4.78 is 0. The van der Waals surface area contributed by atoms with Crippen molar-refractivity contribution in [3.8, 4) is 0 Å². The van der Waals surface area contributed by atoms with Crippen LogP contribution in [0.25, 0.3) is 0 Å². The molecule has 3 N–H and O–H groups in total. The van der Waals surface area contributed by atoms with Gasteiger partial charge in [0.25, 0.3) is 0 Å². The Labute approximate surface area is 164 Å². The molecule has 0 radical (unpaired) electrons. The second-order valence-electron chi connectivity index (χ2n) is 6.62. The summed E-state index contributed by atoms with van der Waals surface area (Å²) in [5.41, 5.74) is 7.95. The largest absolute Gasteiger partial charge is 0.382 e. The summed E-state index contributed by atoms with van der Waals surface area (Å²) in [6.45, 7) is 4.63. The van der Waals surface area contributed by atoms with Crippen LogP contribution in [-0.2, 0) is 4.79 Å². The number of likely N-dealkylation sites (tertiary alicyclic amines) is 1. The van der Waals surface area contributed by atoms with Gasteiger partial charge in [-0.3, -0.25) is 4.79 Å². The third kappa shape index (κ3) is 8.80. The Morgan fingerprint density at radius 1 is 1.16 bits per heavy atom. The van der Waals surface area contributed by atoms with E-state index in [1.54, 1.807) is 0 Å². The van der Waals surface area contributed by atoms with Gasteiger partial charge in [0.2, 0.25) is 5.91 Å². The number of carbonyl (C=O) groups is 1. The molecule has 1 saturated heterocycles. The average molecular weight is 390 g/mol. The minimum atomic E-state index is 0. The number of amides is 1. The van der Waals surface area contributed by atoms with Gasteiger partial charge in [0.1, 0.15) is 0 Å². The molecule has 1 aromatic carbocycles. The first kappa shape index (κ1) is 24.0. The van der Waals surface area contributed by atoms with Crippen molar-refractivity contribution in [2.75, 3.05) is 25.0 Å². The maximum Gasteiger partial charge on any atom is 0.222 e. The van der Waals surface area contributed by atoms with E-state index in [2.05, 4.69) is 36.5 Å². The van der Waals surface area contributed by atoms with Gasteiger partial charge in [-0.1, -0.05) is 25.0 Å². The smallest absolute Gasteiger partial charge is 0.222 e. The van der Waals surface area contributed by atoms with E-state index in [1.165, 1.54) is 11.3 Å². The number of piperidine rings is 1. The first-order chi connectivity index (χ1) is 11.2. The van der Waals surface area contributed by atoms with E-state index in [-0.39, 0.29) is 24.8 Å². The molecule has 1 heterocycles. The Balaban J connectivity index is 0.00000288. The van der Waals surface area contributed by atoms with E-state index in [1.807, 2.05) is 4.90 Å². The van der Waals surface area contributed by atoms with Crippen LogP contribution >= 0.6 is 24.8 Å². The van der Waals surface area contributed by atoms with E-state index in [9.17, 15) is 4.79 Å². The molecule has 1 aliphatic heterocycles. The lowest BCUT2D eigenvalue weighted by Gasteiger charge is -2.33. The van der Waals surface area contributed by atoms with Gasteiger partial charge >= 0.3 is 0 Å². The number of rotatable bonds is 8. The third-order valence-electron chi connectivity index (χ3n) is 4.58. The van der Waals surface area contributed by atoms with Gasteiger partial charge < -0.3 is 16.0 Å². The van der Waals surface area contributed by atoms with Gasteiger partial charge in [0.15, 0.2) is 0 Å². The predicted octanol–water partition coefficient (Wildman–Crippen LogP) is 4.15. The molecule has 1 amide bonds. The molecule has 1 aromatic rings. The summed E-state index contributed by atoms with van der Waals surface area (Å²) in [7, 11) is 0. The molecule has 25 heavy (non-hydrogen) atoms. The summed E-state index contributed by atoms with van der Waals surface area (Å²) in [5, 5.41) is 3.60. The van der Waals surface area contributed by atoms with Crippen molar-refractivity contribution in [1.82, 2.24) is 4.90 Å². The highest BCUT2D eigenvalue weighted by Gasteiger charge is 2.22. The van der Waals surface area contributed by atoms with Crippen molar-refractivity contribution in [1.29, 1.82) is 0 Å². The molecular weight excluding hydrogens is 357 g/mol. The molecule has 144 valence electrons. The molecule has 1 aliphatic rings. The lowest BCUT2D eigenvalue weighted by atomic mass is 10.0. The van der Waals surface area contributed by atoms with Gasteiger partial charge in [-0.15, -0.1) is 24.8 Å². The number of nitrogens with two attached hydrogens (primary N) is 1. The maximum absolute atomic E-state index is 12.2. The van der Waals surface area contributed by atoms with Crippen molar-refractivity contribution in [3.05, 3.63) is 29.8 Å². The molecule has 0 aromatic heterocycles. The minimum Gasteiger partial charge on any atom is -0.382 e. The summed E-state index contributed by atoms with van der Waals surface area (Å²) in [5.74, 6) is 0.326. The second-order valence-corrected chi connectivity index (χ2v) is 6.62. The fourth-order valence-corrected chi connectivity index (χ4v) is 3.18. The van der Waals surface area contributed by atoms with Crippen LogP contribution in [0.1, 0.15) is 50.5 Å². The lowest BCUT2D eigenvalue weighted by Crippen LogP contribution is -2.42. The number of benzene rings is 1. The summed E-state index contributed by atoms with van der Waals surface area (Å²) in [4.78, 5) is 14.3. The van der Waals surface area contributed by atoms with Gasteiger partial charge in [0, 0.05) is 31.2 Å². The molecule has 0 spiro atoms. The molecule has 4 nitrogen and oxygen atoms in total. The number of anilines is 1. The highest BCUT2D eigenvalue weighted by molar-refractivity contribution is 5.85. The number of nitrogens with one attached hydrogen (secondary N) is 1. The standard InChI is InChI=1S/C19H31N3O.2ClH/c1-16-7-6-8-18(15-16)21-17-10-13-22(14-11-17)19(23)9-4-2-3-5-12-20;;/h6-8,15,17,21H,2-5,9-14,20H2,1H3;2*1H. The number of nitrogens with zero attached hydrogens (tertiary/aromatic N) is 1. The van der Waals surface area contributed by atoms with Crippen molar-refractivity contribution < 1.29 is 4.79 Å². The Morgan fingerprint density at radius 3 is 2.48 bits per heavy atom. The SMILES string of the molecule is Cc1cccc(NC2CCN(C(=O)CCCCCCN)CC2)c1.Cl.Cl. The fraction of sp³-hybridized carbons (Fsp3) is 0.632. The van der Waals surface area contributed by atoms with Crippen molar-refractivity contribution >= 4 is 36.4 Å². The summed E-state index contributed by atoms with van der Waals surface area (Å²) >= 11 is 0. The van der Waals surface area contributed by atoms with Crippen LogP contribution in [0, 0.1) is 6.92 Å². The number of halogens is 2. The topological polar surface area (TPSA) is 58.4 Å². The van der Waals surface area contributed by atoms with Crippen molar-refractivity contribution in [2.45, 2.75) is 57.9 Å². The predicted molar refractivity (Wildman–Crippen MR) is 111 cm³/mol. The zero-order valence-electron chi connectivity index (χ0n) is 15.2. The Hall–Kier alpha value is -0.970. The number of hydrogen-bond acceptors (Lipinski definition) is 3. The van der Waals surface area contributed by atoms with E-state index in [0.29, 0.717) is 18.4 Å². The maximum atomic E-state index is 12.2. The highest BCUT2D eigenvalue weighted by Crippen LogP contribution is 2.18. The minimum absolute atomic E-state index is 0. The normalized spacial score (nSPS) is 14.4. The van der Waals surface area contributed by atoms with Gasteiger partial charge in [0.05, 0.1) is 0 Å². The summed E-state index contributed by atoms with van der Waals surface area (Å²) in [6, 6.07) is 8.97. The quantitative estimate of drug-likeness (QED) is 0.656. The molecule has 0 bridgehead atoms. The Morgan fingerprint density at radius 2 is 1.84 bits per heavy atom. The Bertz CT molecular complexity index is 491. The fourth-order valence-electron chi connectivity index (χ4n) is 3.18. The van der Waals surface area contributed by atoms with E-state index in [4.69, 9.17) is 5.73 Å². The van der Waals surface area contributed by atoms with Crippen LogP contribution in [0.5, 0.6) is 0 Å². The Kier molecular flexibility index (Phi) is 12.7. The molecule has 6 heteroatoms. The monoisotopic (exact) mass is 389 g/mol. The number of unbranched alkanes of at least 4 members (excludes halogenated alkanes) is 3. The van der Waals surface area contributed by atoms with Gasteiger partial charge in [-0.2, -0.15) is 0 Å². The highest BCUT2D eigenvalue weighted by atomic mass is 35.5. The first-order valence-electron chi connectivity index (χ1n) is 9.00. The van der Waals surface area contributed by atoms with Crippen LogP contribution in [0.3, 0.4) is 0 Å². The molecule has 0 atom stereocenters. The number of hydrogen-bond donors (Lipinski definition) is 2. The second kappa shape index (κ2) is 13.3. The van der Waals surface area contributed by atoms with Crippen LogP contribution in [0.15, 0.2) is 24.3 Å². The first-order valence-corrected chi connectivity index (χ1v) is 9.00. The molecule has 0 unspecified atom stereocenters. The van der Waals surface area contributed by atoms with E-state index in [0.717, 1.165) is 58.2 Å². The van der Waals surface area contributed by atoms with Crippen LogP contribution in [0.4, 0.5) is 5.69 Å². The van der Waals surface area contributed by atoms with Crippen molar-refractivity contribution in [2.24, 2.45) is 5.73 Å². The molecule has 2 rings (SSSR count). The zero-order valence-corrected chi connectivity index (χ0v) is 16.8. The summed E-state index contributed by atoms with van der Waals surface area (Å²) in [6.07, 6.45) is 7.10. The zero-order chi connectivity index (χ0) is 16.5. The third-order valence-corrected chi connectivity index (χ3v) is 4.58. The van der Waals surface area contributed by atoms with Gasteiger partial charge in [-0.05, 0) is 56.8 Å². The van der Waals surface area contributed by atoms with Crippen LogP contribution in [0.2, 0.25) is 0 Å². The number of carbonyl (C=O) groups excluding carboxylic acids is 1. The molecule has 1 fully saturated rings. The number of aryl methyl sites for hydroxylation is 1. The molecule has 0 aliphatic carbocycles.